The molecule has 1 aromatic carbocycles. The van der Waals surface area contributed by atoms with Crippen molar-refractivity contribution < 1.29 is 9.53 Å². The lowest BCUT2D eigenvalue weighted by Gasteiger charge is -2.16. The number of aromatic nitrogens is 2. The first-order chi connectivity index (χ1) is 11.8. The highest BCUT2D eigenvalue weighted by Gasteiger charge is 2.19. The van der Waals surface area contributed by atoms with Crippen LogP contribution in [0.2, 0.25) is 0 Å². The Morgan fingerprint density at radius 3 is 2.75 bits per heavy atom. The SMILES string of the molecule is O=C(c1ccc(COc2cnn3c2CNCC3)cc1)N1CCCC1. The van der Waals surface area contributed by atoms with Crippen LogP contribution in [0.5, 0.6) is 5.75 Å². The van der Waals surface area contributed by atoms with Gasteiger partial charge in [0, 0.05) is 31.7 Å². The number of hydrogen-bond acceptors (Lipinski definition) is 4. The normalized spacial score (nSPS) is 16.9. The molecule has 1 N–H and O–H groups in total. The number of likely N-dealkylation sites (tertiary alicyclic amines) is 1. The predicted molar refractivity (Wildman–Crippen MR) is 89.8 cm³/mol. The van der Waals surface area contributed by atoms with E-state index in [1.165, 1.54) is 0 Å². The average Bonchev–Trinajstić information content (AvgIpc) is 3.30. The van der Waals surface area contributed by atoms with Gasteiger partial charge in [-0.3, -0.25) is 9.48 Å². The Hall–Kier alpha value is -2.34. The molecule has 6 heteroatoms. The smallest absolute Gasteiger partial charge is 0.253 e. The molecule has 2 aliphatic rings. The van der Waals surface area contributed by atoms with Gasteiger partial charge in [0.05, 0.1) is 18.4 Å². The summed E-state index contributed by atoms with van der Waals surface area (Å²) in [6.45, 7) is 4.86. The van der Waals surface area contributed by atoms with Crippen LogP contribution in [0.1, 0.15) is 34.5 Å². The molecule has 0 unspecified atom stereocenters. The van der Waals surface area contributed by atoms with Gasteiger partial charge in [-0.2, -0.15) is 5.10 Å². The Balaban J connectivity index is 1.39. The highest BCUT2D eigenvalue weighted by molar-refractivity contribution is 5.94. The Bertz CT molecular complexity index is 717. The second-order valence-corrected chi connectivity index (χ2v) is 6.34. The molecule has 6 nitrogen and oxygen atoms in total. The number of hydrogen-bond donors (Lipinski definition) is 1. The van der Waals surface area contributed by atoms with Crippen LogP contribution >= 0.6 is 0 Å². The minimum absolute atomic E-state index is 0.136. The molecular weight excluding hydrogens is 304 g/mol. The van der Waals surface area contributed by atoms with Crippen molar-refractivity contribution in [3.63, 3.8) is 0 Å². The Labute approximate surface area is 141 Å². The fraction of sp³-hybridized carbons (Fsp3) is 0.444. The molecule has 2 aromatic rings. The standard InChI is InChI=1S/C18H22N4O2/c23-18(21-8-1-2-9-21)15-5-3-14(4-6-15)13-24-17-12-20-22-10-7-19-11-16(17)22/h3-6,12,19H,1-2,7-11,13H2. The first kappa shape index (κ1) is 15.2. The second-order valence-electron chi connectivity index (χ2n) is 6.34. The van der Waals surface area contributed by atoms with Crippen LogP contribution in [-0.4, -0.2) is 40.2 Å². The number of nitrogens with zero attached hydrogens (tertiary/aromatic N) is 3. The topological polar surface area (TPSA) is 59.4 Å². The quantitative estimate of drug-likeness (QED) is 0.931. The zero-order valence-corrected chi connectivity index (χ0v) is 13.7. The summed E-state index contributed by atoms with van der Waals surface area (Å²) in [5.74, 6) is 0.969. The number of amides is 1. The predicted octanol–water partition coefficient (Wildman–Crippen LogP) is 1.80. The monoisotopic (exact) mass is 326 g/mol. The Morgan fingerprint density at radius 2 is 1.96 bits per heavy atom. The van der Waals surface area contributed by atoms with E-state index in [0.29, 0.717) is 6.61 Å². The lowest BCUT2D eigenvalue weighted by molar-refractivity contribution is 0.0793. The number of ether oxygens (including phenoxy) is 1. The van der Waals surface area contributed by atoms with Gasteiger partial charge in [0.2, 0.25) is 0 Å². The molecule has 1 aromatic heterocycles. The van der Waals surface area contributed by atoms with Gasteiger partial charge in [-0.15, -0.1) is 0 Å². The minimum Gasteiger partial charge on any atom is -0.485 e. The first-order valence-electron chi connectivity index (χ1n) is 8.58. The van der Waals surface area contributed by atoms with Crippen LogP contribution in [-0.2, 0) is 19.7 Å². The van der Waals surface area contributed by atoms with E-state index in [1.54, 1.807) is 6.20 Å². The van der Waals surface area contributed by atoms with Crippen molar-refractivity contribution in [1.82, 2.24) is 20.0 Å². The zero-order valence-electron chi connectivity index (χ0n) is 13.7. The summed E-state index contributed by atoms with van der Waals surface area (Å²) in [6, 6.07) is 7.73. The van der Waals surface area contributed by atoms with Crippen molar-refractivity contribution in [2.24, 2.45) is 0 Å². The van der Waals surface area contributed by atoms with Crippen molar-refractivity contribution >= 4 is 5.91 Å². The zero-order chi connectivity index (χ0) is 16.4. The maximum Gasteiger partial charge on any atom is 0.253 e. The molecule has 24 heavy (non-hydrogen) atoms. The molecule has 126 valence electrons. The molecule has 1 fully saturated rings. The average molecular weight is 326 g/mol. The third-order valence-corrected chi connectivity index (χ3v) is 4.69. The maximum absolute atomic E-state index is 12.3. The van der Waals surface area contributed by atoms with Crippen LogP contribution in [0.3, 0.4) is 0 Å². The minimum atomic E-state index is 0.136. The molecule has 0 atom stereocenters. The molecule has 4 rings (SSSR count). The van der Waals surface area contributed by atoms with E-state index in [0.717, 1.165) is 68.1 Å². The van der Waals surface area contributed by atoms with Gasteiger partial charge in [-0.1, -0.05) is 12.1 Å². The molecule has 0 radical (unpaired) electrons. The lowest BCUT2D eigenvalue weighted by atomic mass is 10.1. The van der Waals surface area contributed by atoms with Crippen molar-refractivity contribution in [3.05, 3.63) is 47.3 Å². The molecule has 2 aliphatic heterocycles. The number of carbonyl (C=O) groups is 1. The van der Waals surface area contributed by atoms with E-state index in [-0.39, 0.29) is 5.91 Å². The van der Waals surface area contributed by atoms with Gasteiger partial charge in [-0.05, 0) is 30.5 Å². The van der Waals surface area contributed by atoms with Crippen molar-refractivity contribution in [1.29, 1.82) is 0 Å². The summed E-state index contributed by atoms with van der Waals surface area (Å²) in [4.78, 5) is 14.3. The highest BCUT2D eigenvalue weighted by atomic mass is 16.5. The molecule has 0 bridgehead atoms. The summed E-state index contributed by atoms with van der Waals surface area (Å²) in [5, 5.41) is 7.68. The van der Waals surface area contributed by atoms with Crippen LogP contribution in [0.15, 0.2) is 30.5 Å². The van der Waals surface area contributed by atoms with E-state index >= 15 is 0 Å². The van der Waals surface area contributed by atoms with E-state index in [9.17, 15) is 4.79 Å². The van der Waals surface area contributed by atoms with E-state index in [1.807, 2.05) is 33.8 Å². The molecule has 1 saturated heterocycles. The number of fused-ring (bicyclic) bond motifs is 1. The molecular formula is C18H22N4O2. The number of benzene rings is 1. The molecule has 3 heterocycles. The number of nitrogens with one attached hydrogen (secondary N) is 1. The molecule has 0 saturated carbocycles. The van der Waals surface area contributed by atoms with Crippen molar-refractivity contribution in [3.8, 4) is 5.75 Å². The van der Waals surface area contributed by atoms with E-state index in [2.05, 4.69) is 10.4 Å². The highest BCUT2D eigenvalue weighted by Crippen LogP contribution is 2.21. The van der Waals surface area contributed by atoms with Crippen LogP contribution in [0.4, 0.5) is 0 Å². The maximum atomic E-state index is 12.3. The van der Waals surface area contributed by atoms with Gasteiger partial charge in [0.15, 0.2) is 5.75 Å². The Kier molecular flexibility index (Phi) is 4.21. The lowest BCUT2D eigenvalue weighted by Crippen LogP contribution is -2.28. The number of carbonyl (C=O) groups excluding carboxylic acids is 1. The Morgan fingerprint density at radius 1 is 1.17 bits per heavy atom. The van der Waals surface area contributed by atoms with E-state index in [4.69, 9.17) is 4.74 Å². The van der Waals surface area contributed by atoms with Crippen LogP contribution in [0.25, 0.3) is 0 Å². The van der Waals surface area contributed by atoms with Crippen molar-refractivity contribution in [2.75, 3.05) is 19.6 Å². The van der Waals surface area contributed by atoms with Gasteiger partial charge < -0.3 is 15.0 Å². The second kappa shape index (κ2) is 6.65. The summed E-state index contributed by atoms with van der Waals surface area (Å²) in [7, 11) is 0. The van der Waals surface area contributed by atoms with Gasteiger partial charge >= 0.3 is 0 Å². The summed E-state index contributed by atoms with van der Waals surface area (Å²) >= 11 is 0. The van der Waals surface area contributed by atoms with Gasteiger partial charge in [-0.25, -0.2) is 0 Å². The molecule has 0 spiro atoms. The van der Waals surface area contributed by atoms with Crippen molar-refractivity contribution in [2.45, 2.75) is 32.5 Å². The third-order valence-electron chi connectivity index (χ3n) is 4.69. The van der Waals surface area contributed by atoms with Crippen LogP contribution < -0.4 is 10.1 Å². The van der Waals surface area contributed by atoms with Crippen LogP contribution in [0, 0.1) is 0 Å². The molecule has 1 amide bonds. The first-order valence-corrected chi connectivity index (χ1v) is 8.58. The summed E-state index contributed by atoms with van der Waals surface area (Å²) < 4.78 is 7.90. The third kappa shape index (κ3) is 3.01. The number of rotatable bonds is 4. The fourth-order valence-electron chi connectivity index (χ4n) is 3.28. The van der Waals surface area contributed by atoms with Gasteiger partial charge in [0.25, 0.3) is 5.91 Å². The molecule has 0 aliphatic carbocycles. The fourth-order valence-corrected chi connectivity index (χ4v) is 3.28. The van der Waals surface area contributed by atoms with Gasteiger partial charge in [0.1, 0.15) is 6.61 Å². The summed E-state index contributed by atoms with van der Waals surface area (Å²) in [6.07, 6.45) is 4.01. The largest absolute Gasteiger partial charge is 0.485 e. The van der Waals surface area contributed by atoms with E-state index < -0.39 is 0 Å². The summed E-state index contributed by atoms with van der Waals surface area (Å²) in [5.41, 5.74) is 2.91.